The van der Waals surface area contributed by atoms with Crippen LogP contribution in [0.15, 0.2) is 46.0 Å². The summed E-state index contributed by atoms with van der Waals surface area (Å²) in [6, 6.07) is 11.2. The molecule has 1 aromatic heterocycles. The molecule has 1 atom stereocenters. The fourth-order valence-corrected chi connectivity index (χ4v) is 3.69. The molecule has 0 aliphatic carbocycles. The molecule has 0 bridgehead atoms. The number of rotatable bonds is 4. The average molecular weight is 461 g/mol. The van der Waals surface area contributed by atoms with Gasteiger partial charge in [0.2, 0.25) is 17.3 Å². The first-order chi connectivity index (χ1) is 13.6. The number of nitrogens with one attached hydrogen (secondary N) is 1. The lowest BCUT2D eigenvalue weighted by Gasteiger charge is -2.21. The number of thioether (sulfide) groups is 1. The Balaban J connectivity index is 1.87. The Morgan fingerprint density at radius 3 is 2.89 bits per heavy atom. The van der Waals surface area contributed by atoms with Gasteiger partial charge in [-0.15, -0.1) is 10.2 Å². The van der Waals surface area contributed by atoms with E-state index in [0.717, 1.165) is 15.7 Å². The van der Waals surface area contributed by atoms with Gasteiger partial charge in [0.25, 0.3) is 0 Å². The predicted molar refractivity (Wildman–Crippen MR) is 111 cm³/mol. The maximum absolute atomic E-state index is 10.8. The summed E-state index contributed by atoms with van der Waals surface area (Å²) < 4.78 is 12.5. The van der Waals surface area contributed by atoms with E-state index >= 15 is 0 Å². The zero-order valence-corrected chi connectivity index (χ0v) is 17.5. The minimum Gasteiger partial charge on any atom is -0.504 e. The number of phenols is 1. The lowest BCUT2D eigenvalue weighted by molar-refractivity contribution is 0.218. The molecule has 0 radical (unpaired) electrons. The first-order valence-corrected chi connectivity index (χ1v) is 10.6. The summed E-state index contributed by atoms with van der Waals surface area (Å²) in [7, 11) is 0. The minimum absolute atomic E-state index is 0.00980. The molecule has 7 nitrogen and oxygen atoms in total. The molecule has 3 aromatic rings. The largest absolute Gasteiger partial charge is 0.504 e. The van der Waals surface area contributed by atoms with Crippen molar-refractivity contribution in [3.8, 4) is 28.6 Å². The molecule has 0 unspecified atom stereocenters. The van der Waals surface area contributed by atoms with Gasteiger partial charge < -0.3 is 19.9 Å². The van der Waals surface area contributed by atoms with E-state index in [-0.39, 0.29) is 5.75 Å². The van der Waals surface area contributed by atoms with E-state index in [0.29, 0.717) is 34.7 Å². The van der Waals surface area contributed by atoms with Crippen LogP contribution in [0.1, 0.15) is 18.7 Å². The number of hydrogen-bond acceptors (Lipinski definition) is 8. The smallest absolute Gasteiger partial charge is 0.247 e. The van der Waals surface area contributed by atoms with E-state index in [9.17, 15) is 5.11 Å². The summed E-state index contributed by atoms with van der Waals surface area (Å²) in [4.78, 5) is 4.48. The second kappa shape index (κ2) is 7.84. The van der Waals surface area contributed by atoms with Crippen molar-refractivity contribution < 1.29 is 14.6 Å². The SMILES string of the molecule is CCOc1cc(Br)cc([C@@H]2Nc3ccccc3-c3nnc(SC)nc3O2)c1O. The molecular weight excluding hydrogens is 444 g/mol. The van der Waals surface area contributed by atoms with Crippen LogP contribution >= 0.6 is 27.7 Å². The van der Waals surface area contributed by atoms with Crippen molar-refractivity contribution in [3.63, 3.8) is 0 Å². The van der Waals surface area contributed by atoms with Gasteiger partial charge in [0.1, 0.15) is 0 Å². The van der Waals surface area contributed by atoms with Gasteiger partial charge in [-0.05, 0) is 31.4 Å². The van der Waals surface area contributed by atoms with E-state index in [1.807, 2.05) is 37.4 Å². The molecule has 4 rings (SSSR count). The van der Waals surface area contributed by atoms with Crippen LogP contribution < -0.4 is 14.8 Å². The molecule has 9 heteroatoms. The Hall–Kier alpha value is -2.52. The maximum Gasteiger partial charge on any atom is 0.247 e. The molecule has 0 saturated carbocycles. The number of nitrogens with zero attached hydrogens (tertiary/aromatic N) is 3. The Bertz CT molecular complexity index is 1030. The van der Waals surface area contributed by atoms with Gasteiger partial charge in [0.05, 0.1) is 12.2 Å². The number of aromatic nitrogens is 3. The van der Waals surface area contributed by atoms with Crippen LogP contribution in [-0.2, 0) is 0 Å². The van der Waals surface area contributed by atoms with Crippen LogP contribution in [-0.4, -0.2) is 33.2 Å². The molecule has 0 amide bonds. The summed E-state index contributed by atoms with van der Waals surface area (Å²) in [5.41, 5.74) is 2.69. The van der Waals surface area contributed by atoms with Crippen molar-refractivity contribution in [3.05, 3.63) is 46.4 Å². The molecule has 2 N–H and O–H groups in total. The Kier molecular flexibility index (Phi) is 5.27. The third kappa shape index (κ3) is 3.47. The normalized spacial score (nSPS) is 14.9. The monoisotopic (exact) mass is 460 g/mol. The lowest BCUT2D eigenvalue weighted by Crippen LogP contribution is -2.17. The van der Waals surface area contributed by atoms with Crippen molar-refractivity contribution in [2.45, 2.75) is 18.3 Å². The number of halogens is 1. The Labute approximate surface area is 174 Å². The fraction of sp³-hybridized carbons (Fsp3) is 0.211. The number of aromatic hydroxyl groups is 1. The number of phenolic OH excluding ortho intramolecular Hbond substituents is 1. The average Bonchev–Trinajstić information content (AvgIpc) is 2.86. The number of anilines is 1. The zero-order valence-electron chi connectivity index (χ0n) is 15.1. The van der Waals surface area contributed by atoms with Gasteiger partial charge in [-0.25, -0.2) is 0 Å². The predicted octanol–water partition coefficient (Wildman–Crippen LogP) is 4.63. The maximum atomic E-state index is 10.8. The molecule has 28 heavy (non-hydrogen) atoms. The summed E-state index contributed by atoms with van der Waals surface area (Å²) in [5, 5.41) is 23.0. The molecule has 0 saturated heterocycles. The van der Waals surface area contributed by atoms with Crippen molar-refractivity contribution in [1.29, 1.82) is 0 Å². The molecule has 2 aromatic carbocycles. The van der Waals surface area contributed by atoms with E-state index < -0.39 is 6.23 Å². The highest BCUT2D eigenvalue weighted by atomic mass is 79.9. The summed E-state index contributed by atoms with van der Waals surface area (Å²) >= 11 is 4.85. The summed E-state index contributed by atoms with van der Waals surface area (Å²) in [6.07, 6.45) is 1.17. The minimum atomic E-state index is -0.703. The van der Waals surface area contributed by atoms with E-state index in [4.69, 9.17) is 9.47 Å². The van der Waals surface area contributed by atoms with E-state index in [1.165, 1.54) is 11.8 Å². The van der Waals surface area contributed by atoms with Gasteiger partial charge in [0.15, 0.2) is 17.2 Å². The molecule has 2 heterocycles. The van der Waals surface area contributed by atoms with Crippen molar-refractivity contribution in [1.82, 2.24) is 15.2 Å². The van der Waals surface area contributed by atoms with E-state index in [1.54, 1.807) is 12.1 Å². The standard InChI is InChI=1S/C19H17BrN4O3S/c1-3-26-14-9-10(20)8-12(16(14)25)17-21-13-7-5-4-6-11(13)15-18(27-17)22-19(28-2)24-23-15/h4-9,17,21,25H,3H2,1-2H3/t17-/m1/s1. The van der Waals surface area contributed by atoms with Gasteiger partial charge in [-0.2, -0.15) is 4.98 Å². The van der Waals surface area contributed by atoms with Crippen LogP contribution in [0.5, 0.6) is 17.4 Å². The molecule has 0 spiro atoms. The number of hydrogen-bond donors (Lipinski definition) is 2. The summed E-state index contributed by atoms with van der Waals surface area (Å²) in [5.74, 6) is 0.732. The number of benzene rings is 2. The molecule has 1 aliphatic heterocycles. The topological polar surface area (TPSA) is 89.4 Å². The Morgan fingerprint density at radius 2 is 2.11 bits per heavy atom. The van der Waals surface area contributed by atoms with Crippen LogP contribution in [0.2, 0.25) is 0 Å². The molecule has 1 aliphatic rings. The molecular formula is C19H17BrN4O3S. The second-order valence-electron chi connectivity index (χ2n) is 5.91. The van der Waals surface area contributed by atoms with Crippen molar-refractivity contribution in [2.75, 3.05) is 18.2 Å². The first kappa shape index (κ1) is 18.8. The van der Waals surface area contributed by atoms with Gasteiger partial charge in [-0.1, -0.05) is 45.9 Å². The van der Waals surface area contributed by atoms with Gasteiger partial charge in [0, 0.05) is 15.7 Å². The summed E-state index contributed by atoms with van der Waals surface area (Å²) in [6.45, 7) is 2.29. The van der Waals surface area contributed by atoms with Crippen LogP contribution in [0.4, 0.5) is 5.69 Å². The number of ether oxygens (including phenoxy) is 2. The highest BCUT2D eigenvalue weighted by molar-refractivity contribution is 9.10. The van der Waals surface area contributed by atoms with Crippen LogP contribution in [0, 0.1) is 0 Å². The molecule has 0 fully saturated rings. The van der Waals surface area contributed by atoms with Crippen molar-refractivity contribution >= 4 is 33.4 Å². The third-order valence-corrected chi connectivity index (χ3v) is 5.16. The third-order valence-electron chi connectivity index (χ3n) is 4.17. The number of fused-ring (bicyclic) bond motifs is 3. The van der Waals surface area contributed by atoms with Gasteiger partial charge in [-0.3, -0.25) is 0 Å². The van der Waals surface area contributed by atoms with Gasteiger partial charge >= 0.3 is 0 Å². The molecule has 144 valence electrons. The van der Waals surface area contributed by atoms with Crippen LogP contribution in [0.3, 0.4) is 0 Å². The highest BCUT2D eigenvalue weighted by Crippen LogP contribution is 2.43. The quantitative estimate of drug-likeness (QED) is 0.544. The lowest BCUT2D eigenvalue weighted by atomic mass is 10.1. The number of para-hydroxylation sites is 1. The first-order valence-electron chi connectivity index (χ1n) is 8.57. The van der Waals surface area contributed by atoms with Crippen LogP contribution in [0.25, 0.3) is 11.3 Å². The Morgan fingerprint density at radius 1 is 1.29 bits per heavy atom. The van der Waals surface area contributed by atoms with Crippen molar-refractivity contribution in [2.24, 2.45) is 0 Å². The second-order valence-corrected chi connectivity index (χ2v) is 7.60. The fourth-order valence-electron chi connectivity index (χ4n) is 2.93. The zero-order chi connectivity index (χ0) is 19.7. The highest BCUT2D eigenvalue weighted by Gasteiger charge is 2.28. The van der Waals surface area contributed by atoms with E-state index in [2.05, 4.69) is 36.4 Å².